The summed E-state index contributed by atoms with van der Waals surface area (Å²) in [6.07, 6.45) is -1.36. The van der Waals surface area contributed by atoms with E-state index >= 15 is 0 Å². The van der Waals surface area contributed by atoms with Crippen LogP contribution in [0.5, 0.6) is 11.5 Å². The lowest BCUT2D eigenvalue weighted by Gasteiger charge is -2.09. The van der Waals surface area contributed by atoms with Crippen LogP contribution in [0.2, 0.25) is 0 Å². The fourth-order valence-electron chi connectivity index (χ4n) is 3.16. The predicted molar refractivity (Wildman–Crippen MR) is 115 cm³/mol. The standard InChI is InChI=1S/C23H15F3N6O/c24-23(25,26)20-14-19(15-4-2-1-3-5-15)32-22(29-20)30-21(31-32)28-16-6-8-17(9-7-16)33-18-10-12-27-13-11-18/h1-14H,(H,28,31). The zero-order valence-corrected chi connectivity index (χ0v) is 16.9. The van der Waals surface area contributed by atoms with Crippen molar-refractivity contribution < 1.29 is 17.9 Å². The molecular formula is C23H15F3N6O. The van der Waals surface area contributed by atoms with Crippen molar-refractivity contribution in [3.8, 4) is 22.8 Å². The van der Waals surface area contributed by atoms with Crippen molar-refractivity contribution >= 4 is 17.4 Å². The number of benzene rings is 2. The van der Waals surface area contributed by atoms with Crippen LogP contribution in [-0.4, -0.2) is 24.6 Å². The maximum atomic E-state index is 13.4. The Labute approximate surface area is 185 Å². The van der Waals surface area contributed by atoms with Crippen LogP contribution in [-0.2, 0) is 6.18 Å². The molecule has 0 aliphatic heterocycles. The normalized spacial score (nSPS) is 11.5. The van der Waals surface area contributed by atoms with E-state index in [1.54, 1.807) is 79.1 Å². The molecule has 10 heteroatoms. The number of pyridine rings is 1. The third-order valence-electron chi connectivity index (χ3n) is 4.67. The summed E-state index contributed by atoms with van der Waals surface area (Å²) in [6, 6.07) is 20.1. The molecular weight excluding hydrogens is 433 g/mol. The molecule has 0 radical (unpaired) electrons. The first kappa shape index (κ1) is 20.4. The minimum Gasteiger partial charge on any atom is -0.457 e. The molecule has 0 spiro atoms. The molecule has 1 N–H and O–H groups in total. The number of hydrogen-bond acceptors (Lipinski definition) is 6. The molecule has 33 heavy (non-hydrogen) atoms. The average molecular weight is 448 g/mol. The maximum absolute atomic E-state index is 13.4. The molecule has 0 bridgehead atoms. The Morgan fingerprint density at radius 3 is 2.21 bits per heavy atom. The van der Waals surface area contributed by atoms with Crippen molar-refractivity contribution in [2.75, 3.05) is 5.32 Å². The highest BCUT2D eigenvalue weighted by Crippen LogP contribution is 2.32. The zero-order chi connectivity index (χ0) is 22.8. The van der Waals surface area contributed by atoms with E-state index in [4.69, 9.17) is 4.74 Å². The lowest BCUT2D eigenvalue weighted by atomic mass is 10.1. The second-order valence-electron chi connectivity index (χ2n) is 6.97. The number of rotatable bonds is 5. The first-order chi connectivity index (χ1) is 16.0. The lowest BCUT2D eigenvalue weighted by Crippen LogP contribution is -2.11. The first-order valence-electron chi connectivity index (χ1n) is 9.81. The van der Waals surface area contributed by atoms with E-state index in [1.165, 1.54) is 4.52 Å². The summed E-state index contributed by atoms with van der Waals surface area (Å²) >= 11 is 0. The van der Waals surface area contributed by atoms with Gasteiger partial charge in [0.05, 0.1) is 5.69 Å². The van der Waals surface area contributed by atoms with Gasteiger partial charge in [-0.15, -0.1) is 5.10 Å². The number of alkyl halides is 3. The van der Waals surface area contributed by atoms with Gasteiger partial charge in [0.1, 0.15) is 11.5 Å². The summed E-state index contributed by atoms with van der Waals surface area (Å²) in [7, 11) is 0. The van der Waals surface area contributed by atoms with Crippen LogP contribution < -0.4 is 10.1 Å². The molecule has 0 amide bonds. The van der Waals surface area contributed by atoms with Gasteiger partial charge in [-0.25, -0.2) is 4.98 Å². The highest BCUT2D eigenvalue weighted by Gasteiger charge is 2.34. The number of ether oxygens (including phenoxy) is 1. The molecule has 3 aromatic heterocycles. The first-order valence-corrected chi connectivity index (χ1v) is 9.81. The van der Waals surface area contributed by atoms with Crippen molar-refractivity contribution in [3.63, 3.8) is 0 Å². The summed E-state index contributed by atoms with van der Waals surface area (Å²) in [5.74, 6) is 1.20. The fraction of sp³-hybridized carbons (Fsp3) is 0.0435. The van der Waals surface area contributed by atoms with Crippen LogP contribution in [0.1, 0.15) is 5.69 Å². The molecule has 5 aromatic rings. The monoisotopic (exact) mass is 448 g/mol. The van der Waals surface area contributed by atoms with Crippen molar-refractivity contribution in [2.24, 2.45) is 0 Å². The molecule has 0 aliphatic rings. The van der Waals surface area contributed by atoms with Gasteiger partial charge in [0, 0.05) is 23.6 Å². The Kier molecular flexibility index (Phi) is 5.09. The number of anilines is 2. The van der Waals surface area contributed by atoms with Crippen molar-refractivity contribution in [1.82, 2.24) is 24.6 Å². The summed E-state index contributed by atoms with van der Waals surface area (Å²) in [5.41, 5.74) is 0.384. The van der Waals surface area contributed by atoms with Crippen LogP contribution in [0, 0.1) is 0 Å². The average Bonchev–Trinajstić information content (AvgIpc) is 3.23. The van der Waals surface area contributed by atoms with E-state index in [9.17, 15) is 13.2 Å². The lowest BCUT2D eigenvalue weighted by molar-refractivity contribution is -0.141. The van der Waals surface area contributed by atoms with Crippen LogP contribution >= 0.6 is 0 Å². The summed E-state index contributed by atoms with van der Waals surface area (Å²) < 4.78 is 47.2. The number of hydrogen-bond donors (Lipinski definition) is 1. The van der Waals surface area contributed by atoms with Gasteiger partial charge in [-0.3, -0.25) is 4.98 Å². The maximum Gasteiger partial charge on any atom is 0.433 e. The Balaban J connectivity index is 1.45. The number of aromatic nitrogens is 5. The predicted octanol–water partition coefficient (Wildman–Crippen LogP) is 5.74. The second kappa shape index (κ2) is 8.23. The van der Waals surface area contributed by atoms with E-state index in [0.29, 0.717) is 22.7 Å². The van der Waals surface area contributed by atoms with Gasteiger partial charge in [0.2, 0.25) is 5.95 Å². The SMILES string of the molecule is FC(F)(F)c1cc(-c2ccccc2)n2nc(Nc3ccc(Oc4ccncc4)cc3)nc2n1. The van der Waals surface area contributed by atoms with E-state index in [2.05, 4.69) is 25.4 Å². The van der Waals surface area contributed by atoms with Gasteiger partial charge in [-0.1, -0.05) is 30.3 Å². The molecule has 2 aromatic carbocycles. The van der Waals surface area contributed by atoms with E-state index < -0.39 is 11.9 Å². The molecule has 3 heterocycles. The number of halogens is 3. The molecule has 0 fully saturated rings. The minimum atomic E-state index is -4.62. The highest BCUT2D eigenvalue weighted by molar-refractivity contribution is 5.64. The van der Waals surface area contributed by atoms with Crippen LogP contribution in [0.25, 0.3) is 17.0 Å². The van der Waals surface area contributed by atoms with Gasteiger partial charge in [-0.05, 0) is 42.5 Å². The Bertz CT molecular complexity index is 1390. The molecule has 5 rings (SSSR count). The smallest absolute Gasteiger partial charge is 0.433 e. The third-order valence-corrected chi connectivity index (χ3v) is 4.67. The quantitative estimate of drug-likeness (QED) is 0.369. The van der Waals surface area contributed by atoms with E-state index in [0.717, 1.165) is 6.07 Å². The van der Waals surface area contributed by atoms with Gasteiger partial charge < -0.3 is 10.1 Å². The zero-order valence-electron chi connectivity index (χ0n) is 16.9. The van der Waals surface area contributed by atoms with E-state index in [-0.39, 0.29) is 17.4 Å². The molecule has 0 unspecified atom stereocenters. The molecule has 7 nitrogen and oxygen atoms in total. The van der Waals surface area contributed by atoms with Crippen LogP contribution in [0.4, 0.5) is 24.8 Å². The third kappa shape index (κ3) is 4.45. The van der Waals surface area contributed by atoms with E-state index in [1.807, 2.05) is 0 Å². The molecule has 0 saturated heterocycles. The minimum absolute atomic E-state index is 0.113. The summed E-state index contributed by atoms with van der Waals surface area (Å²) in [5, 5.41) is 7.32. The number of nitrogens with zero attached hydrogens (tertiary/aromatic N) is 5. The Morgan fingerprint density at radius 2 is 1.52 bits per heavy atom. The molecule has 0 atom stereocenters. The molecule has 0 aliphatic carbocycles. The van der Waals surface area contributed by atoms with Crippen molar-refractivity contribution in [2.45, 2.75) is 6.18 Å². The number of fused-ring (bicyclic) bond motifs is 1. The van der Waals surface area contributed by atoms with Crippen LogP contribution in [0.3, 0.4) is 0 Å². The topological polar surface area (TPSA) is 77.2 Å². The summed E-state index contributed by atoms with van der Waals surface area (Å²) in [4.78, 5) is 11.7. The van der Waals surface area contributed by atoms with Gasteiger partial charge in [0.25, 0.3) is 5.78 Å². The summed E-state index contributed by atoms with van der Waals surface area (Å²) in [6.45, 7) is 0. The highest BCUT2D eigenvalue weighted by atomic mass is 19.4. The largest absolute Gasteiger partial charge is 0.457 e. The number of nitrogens with one attached hydrogen (secondary N) is 1. The Hall–Kier alpha value is -4.47. The van der Waals surface area contributed by atoms with Gasteiger partial charge in [-0.2, -0.15) is 22.7 Å². The van der Waals surface area contributed by atoms with Crippen molar-refractivity contribution in [1.29, 1.82) is 0 Å². The fourth-order valence-corrected chi connectivity index (χ4v) is 3.16. The molecule has 164 valence electrons. The molecule has 0 saturated carbocycles. The van der Waals surface area contributed by atoms with Gasteiger partial charge >= 0.3 is 6.18 Å². The van der Waals surface area contributed by atoms with Gasteiger partial charge in [0.15, 0.2) is 5.69 Å². The van der Waals surface area contributed by atoms with Crippen molar-refractivity contribution in [3.05, 3.63) is 90.9 Å². The second-order valence-corrected chi connectivity index (χ2v) is 6.97. The van der Waals surface area contributed by atoms with Crippen LogP contribution in [0.15, 0.2) is 85.2 Å². The Morgan fingerprint density at radius 1 is 0.818 bits per heavy atom.